The number of halogens is 1. The summed E-state index contributed by atoms with van der Waals surface area (Å²) in [6.45, 7) is 2.00. The van der Waals surface area contributed by atoms with Crippen LogP contribution in [0.15, 0.2) is 42.5 Å². The van der Waals surface area contributed by atoms with Crippen LogP contribution in [0.3, 0.4) is 0 Å². The number of amides is 2. The minimum absolute atomic E-state index is 0.339. The van der Waals surface area contributed by atoms with Crippen molar-refractivity contribution in [1.29, 1.82) is 0 Å². The zero-order valence-electron chi connectivity index (χ0n) is 11.2. The van der Waals surface area contributed by atoms with E-state index in [-0.39, 0.29) is 6.03 Å². The molecule has 0 saturated carbocycles. The van der Waals surface area contributed by atoms with Crippen molar-refractivity contribution < 1.29 is 4.79 Å². The van der Waals surface area contributed by atoms with Crippen LogP contribution < -0.4 is 10.6 Å². The molecule has 3 aromatic rings. The summed E-state index contributed by atoms with van der Waals surface area (Å²) in [5.41, 5.74) is 2.64. The predicted octanol–water partition coefficient (Wildman–Crippen LogP) is 4.90. The number of anilines is 2. The molecule has 0 bridgehead atoms. The largest absolute Gasteiger partial charge is 0.325 e. The summed E-state index contributed by atoms with van der Waals surface area (Å²) in [4.78, 5) is 16.4. The molecule has 21 heavy (non-hydrogen) atoms. The maximum absolute atomic E-state index is 12.0. The standard InChI is InChI=1S/C15H12ClN3OS/c1-9-4-2-7-12-13(9)18-15(21-12)19-14(20)17-11-6-3-5-10(16)8-11/h2-8H,1H3,(H2,17,18,19,20). The molecule has 6 heteroatoms. The maximum atomic E-state index is 12.0. The van der Waals surface area contributed by atoms with Gasteiger partial charge in [0.2, 0.25) is 0 Å². The molecule has 0 aliphatic rings. The fourth-order valence-electron chi connectivity index (χ4n) is 1.97. The van der Waals surface area contributed by atoms with Gasteiger partial charge in [0.15, 0.2) is 5.13 Å². The Kier molecular flexibility index (Phi) is 3.77. The SMILES string of the molecule is Cc1cccc2sc(NC(=O)Nc3cccc(Cl)c3)nc12. The van der Waals surface area contributed by atoms with Crippen LogP contribution in [0, 0.1) is 6.92 Å². The maximum Gasteiger partial charge on any atom is 0.325 e. The third-order valence-electron chi connectivity index (χ3n) is 2.92. The molecule has 2 N–H and O–H groups in total. The monoisotopic (exact) mass is 317 g/mol. The van der Waals surface area contributed by atoms with Gasteiger partial charge in [0, 0.05) is 10.7 Å². The van der Waals surface area contributed by atoms with Gasteiger partial charge in [-0.3, -0.25) is 5.32 Å². The minimum Gasteiger partial charge on any atom is -0.308 e. The molecule has 0 fully saturated rings. The lowest BCUT2D eigenvalue weighted by Crippen LogP contribution is -2.19. The molecule has 0 atom stereocenters. The van der Waals surface area contributed by atoms with E-state index in [1.54, 1.807) is 24.3 Å². The van der Waals surface area contributed by atoms with Crippen molar-refractivity contribution >= 4 is 50.0 Å². The molecule has 0 saturated heterocycles. The number of urea groups is 1. The summed E-state index contributed by atoms with van der Waals surface area (Å²) in [6, 6.07) is 12.6. The van der Waals surface area contributed by atoms with Crippen LogP contribution in [0.5, 0.6) is 0 Å². The van der Waals surface area contributed by atoms with Gasteiger partial charge in [0.1, 0.15) is 0 Å². The van der Waals surface area contributed by atoms with E-state index >= 15 is 0 Å². The number of benzene rings is 2. The van der Waals surface area contributed by atoms with Gasteiger partial charge in [0.05, 0.1) is 10.2 Å². The first-order chi connectivity index (χ1) is 10.1. The smallest absolute Gasteiger partial charge is 0.308 e. The molecule has 0 radical (unpaired) electrons. The molecule has 106 valence electrons. The zero-order valence-corrected chi connectivity index (χ0v) is 12.8. The van der Waals surface area contributed by atoms with Crippen molar-refractivity contribution in [1.82, 2.24) is 4.98 Å². The molecule has 4 nitrogen and oxygen atoms in total. The van der Waals surface area contributed by atoms with E-state index in [4.69, 9.17) is 11.6 Å². The summed E-state index contributed by atoms with van der Waals surface area (Å²) in [5.74, 6) is 0. The zero-order chi connectivity index (χ0) is 14.8. The fraction of sp³-hybridized carbons (Fsp3) is 0.0667. The van der Waals surface area contributed by atoms with E-state index in [9.17, 15) is 4.79 Å². The average Bonchev–Trinajstić information content (AvgIpc) is 2.82. The van der Waals surface area contributed by atoms with E-state index in [1.807, 2.05) is 25.1 Å². The first-order valence-corrected chi connectivity index (χ1v) is 7.51. The van der Waals surface area contributed by atoms with Crippen molar-refractivity contribution in [3.8, 4) is 0 Å². The van der Waals surface area contributed by atoms with E-state index < -0.39 is 0 Å². The van der Waals surface area contributed by atoms with Crippen molar-refractivity contribution in [2.75, 3.05) is 10.6 Å². The van der Waals surface area contributed by atoms with E-state index in [0.717, 1.165) is 15.8 Å². The van der Waals surface area contributed by atoms with Gasteiger partial charge in [0.25, 0.3) is 0 Å². The van der Waals surface area contributed by atoms with E-state index in [1.165, 1.54) is 11.3 Å². The van der Waals surface area contributed by atoms with Crippen LogP contribution in [0.1, 0.15) is 5.56 Å². The first-order valence-electron chi connectivity index (χ1n) is 6.31. The second-order valence-corrected chi connectivity index (χ2v) is 6.00. The van der Waals surface area contributed by atoms with Crippen LogP contribution in [0.25, 0.3) is 10.2 Å². The summed E-state index contributed by atoms with van der Waals surface area (Å²) in [6.07, 6.45) is 0. The number of nitrogens with one attached hydrogen (secondary N) is 2. The number of aromatic nitrogens is 1. The van der Waals surface area contributed by atoms with Crippen LogP contribution >= 0.6 is 22.9 Å². The topological polar surface area (TPSA) is 54.0 Å². The van der Waals surface area contributed by atoms with Crippen molar-refractivity contribution in [2.24, 2.45) is 0 Å². The van der Waals surface area contributed by atoms with Crippen LogP contribution in [-0.2, 0) is 0 Å². The Morgan fingerprint density at radius 1 is 1.19 bits per heavy atom. The lowest BCUT2D eigenvalue weighted by molar-refractivity contribution is 0.262. The van der Waals surface area contributed by atoms with E-state index in [0.29, 0.717) is 15.8 Å². The molecule has 0 aliphatic heterocycles. The number of nitrogens with zero attached hydrogens (tertiary/aromatic N) is 1. The van der Waals surface area contributed by atoms with Gasteiger partial charge in [-0.15, -0.1) is 0 Å². The number of carbonyl (C=O) groups is 1. The van der Waals surface area contributed by atoms with Gasteiger partial charge < -0.3 is 5.32 Å². The molecule has 1 heterocycles. The van der Waals surface area contributed by atoms with Crippen molar-refractivity contribution in [3.63, 3.8) is 0 Å². The normalized spacial score (nSPS) is 10.6. The molecular weight excluding hydrogens is 306 g/mol. The number of hydrogen-bond acceptors (Lipinski definition) is 3. The van der Waals surface area contributed by atoms with Gasteiger partial charge in [-0.05, 0) is 36.8 Å². The third-order valence-corrected chi connectivity index (χ3v) is 4.09. The van der Waals surface area contributed by atoms with Gasteiger partial charge >= 0.3 is 6.03 Å². The fourth-order valence-corrected chi connectivity index (χ4v) is 3.09. The summed E-state index contributed by atoms with van der Waals surface area (Å²) in [7, 11) is 0. The Bertz CT molecular complexity index is 816. The van der Waals surface area contributed by atoms with Crippen LogP contribution in [0.2, 0.25) is 5.02 Å². The Morgan fingerprint density at radius 3 is 2.76 bits per heavy atom. The second kappa shape index (κ2) is 5.71. The number of para-hydroxylation sites is 1. The summed E-state index contributed by atoms with van der Waals surface area (Å²) >= 11 is 7.32. The molecule has 1 aromatic heterocycles. The Morgan fingerprint density at radius 2 is 2.00 bits per heavy atom. The lowest BCUT2D eigenvalue weighted by atomic mass is 10.2. The van der Waals surface area contributed by atoms with Crippen molar-refractivity contribution in [3.05, 3.63) is 53.1 Å². The highest BCUT2D eigenvalue weighted by atomic mass is 35.5. The number of fused-ring (bicyclic) bond motifs is 1. The summed E-state index contributed by atoms with van der Waals surface area (Å²) < 4.78 is 1.05. The number of rotatable bonds is 2. The Balaban J connectivity index is 1.75. The summed E-state index contributed by atoms with van der Waals surface area (Å²) in [5, 5.41) is 6.60. The Hall–Kier alpha value is -2.11. The molecule has 3 rings (SSSR count). The number of thiazole rings is 1. The van der Waals surface area contributed by atoms with Gasteiger partial charge in [-0.25, -0.2) is 9.78 Å². The quantitative estimate of drug-likeness (QED) is 0.706. The molecule has 0 unspecified atom stereocenters. The molecule has 0 spiro atoms. The average molecular weight is 318 g/mol. The number of aryl methyl sites for hydroxylation is 1. The van der Waals surface area contributed by atoms with Gasteiger partial charge in [-0.1, -0.05) is 41.1 Å². The molecular formula is C15H12ClN3OS. The molecule has 2 amide bonds. The van der Waals surface area contributed by atoms with Crippen LogP contribution in [-0.4, -0.2) is 11.0 Å². The Labute approximate surface area is 130 Å². The third kappa shape index (κ3) is 3.15. The van der Waals surface area contributed by atoms with Crippen molar-refractivity contribution in [2.45, 2.75) is 6.92 Å². The minimum atomic E-state index is -0.339. The van der Waals surface area contributed by atoms with Gasteiger partial charge in [-0.2, -0.15) is 0 Å². The van der Waals surface area contributed by atoms with Crippen LogP contribution in [0.4, 0.5) is 15.6 Å². The first kappa shape index (κ1) is 13.9. The highest BCUT2D eigenvalue weighted by molar-refractivity contribution is 7.22. The second-order valence-electron chi connectivity index (χ2n) is 4.53. The van der Waals surface area contributed by atoms with E-state index in [2.05, 4.69) is 15.6 Å². The molecule has 0 aliphatic carbocycles. The number of carbonyl (C=O) groups excluding carboxylic acids is 1. The highest BCUT2D eigenvalue weighted by Gasteiger charge is 2.09. The molecule has 2 aromatic carbocycles. The lowest BCUT2D eigenvalue weighted by Gasteiger charge is -2.05. The predicted molar refractivity (Wildman–Crippen MR) is 88.5 cm³/mol. The number of hydrogen-bond donors (Lipinski definition) is 2. The highest BCUT2D eigenvalue weighted by Crippen LogP contribution is 2.28.